The summed E-state index contributed by atoms with van der Waals surface area (Å²) in [6, 6.07) is -3.27. The van der Waals surface area contributed by atoms with Gasteiger partial charge in [-0.05, 0) is 19.3 Å². The predicted octanol–water partition coefficient (Wildman–Crippen LogP) is -1.52. The summed E-state index contributed by atoms with van der Waals surface area (Å²) in [7, 11) is 0. The number of carboxylic acids is 1. The Bertz CT molecular complexity index is 880. The molecule has 1 saturated carbocycles. The number of carboxylic acid groups (broad SMARTS) is 1. The van der Waals surface area contributed by atoms with E-state index in [1.807, 2.05) is 0 Å². The predicted molar refractivity (Wildman–Crippen MR) is 177 cm³/mol. The van der Waals surface area contributed by atoms with E-state index in [0.717, 1.165) is 12.8 Å². The van der Waals surface area contributed by atoms with Crippen molar-refractivity contribution in [3.05, 3.63) is 0 Å². The van der Waals surface area contributed by atoms with Crippen molar-refractivity contribution < 1.29 is 54.4 Å². The molecule has 0 amide bonds. The Balaban J connectivity index is 0.000000424. The van der Waals surface area contributed by atoms with Crippen LogP contribution in [0.3, 0.4) is 0 Å². The van der Waals surface area contributed by atoms with Crippen LogP contribution in [-0.2, 0) is 23.7 Å². The van der Waals surface area contributed by atoms with Crippen molar-refractivity contribution in [2.24, 2.45) is 28.7 Å². The maximum absolute atomic E-state index is 11.0. The number of aliphatic carboxylic acids is 1. The quantitative estimate of drug-likeness (QED) is 0.0725. The van der Waals surface area contributed by atoms with E-state index < -0.39 is 98.2 Å². The van der Waals surface area contributed by atoms with Gasteiger partial charge in [0.05, 0.1) is 30.9 Å². The number of rotatable bonds is 18. The van der Waals surface area contributed by atoms with Crippen LogP contribution in [0.25, 0.3) is 0 Å². The van der Waals surface area contributed by atoms with Crippen LogP contribution < -0.4 is 28.7 Å². The lowest BCUT2D eigenvalue weighted by atomic mass is 9.84. The number of ether oxygens (including phenoxy) is 4. The molecular weight excluding hydrogens is 630 g/mol. The topological polar surface area (TPSA) is 305 Å². The average molecular weight is 696 g/mol. The van der Waals surface area contributed by atoms with Crippen LogP contribution in [0.2, 0.25) is 0 Å². The van der Waals surface area contributed by atoms with Gasteiger partial charge in [0.2, 0.25) is 0 Å². The highest BCUT2D eigenvalue weighted by molar-refractivity contribution is 5.66. The Morgan fingerprint density at radius 2 is 1.19 bits per heavy atom. The molecule has 16 heteroatoms. The molecule has 0 aromatic carbocycles. The first-order valence-electron chi connectivity index (χ1n) is 17.7. The largest absolute Gasteiger partial charge is 0.481 e. The highest BCUT2D eigenvalue weighted by Crippen LogP contribution is 2.30. The van der Waals surface area contributed by atoms with Gasteiger partial charge in [-0.2, -0.15) is 0 Å². The molecule has 2 aliphatic heterocycles. The smallest absolute Gasteiger partial charge is 0.303 e. The fourth-order valence-electron chi connectivity index (χ4n) is 6.37. The van der Waals surface area contributed by atoms with Gasteiger partial charge >= 0.3 is 5.97 Å². The first-order chi connectivity index (χ1) is 22.9. The maximum Gasteiger partial charge on any atom is 0.303 e. The Morgan fingerprint density at radius 3 is 1.69 bits per heavy atom. The van der Waals surface area contributed by atoms with Crippen LogP contribution in [0.5, 0.6) is 0 Å². The molecule has 1 unspecified atom stereocenters. The summed E-state index contributed by atoms with van der Waals surface area (Å²) in [5.74, 6) is -0.657. The summed E-state index contributed by atoms with van der Waals surface area (Å²) in [4.78, 5) is 10.3. The van der Waals surface area contributed by atoms with Gasteiger partial charge in [0.1, 0.15) is 36.6 Å². The average Bonchev–Trinajstić information content (AvgIpc) is 3.04. The molecule has 2 saturated heterocycles. The minimum absolute atomic E-state index is 0.0542. The summed E-state index contributed by atoms with van der Waals surface area (Å²) in [5.41, 5.74) is 29.8. The summed E-state index contributed by atoms with van der Waals surface area (Å²) >= 11 is 0. The normalized spacial score (nSPS) is 38.6. The molecule has 3 fully saturated rings. The highest BCUT2D eigenvalue weighted by atomic mass is 16.7. The van der Waals surface area contributed by atoms with Crippen molar-refractivity contribution in [3.8, 4) is 0 Å². The molecule has 0 aromatic rings. The van der Waals surface area contributed by atoms with Crippen molar-refractivity contribution in [1.29, 1.82) is 0 Å². The van der Waals surface area contributed by atoms with Gasteiger partial charge in [-0.3, -0.25) is 4.79 Å². The van der Waals surface area contributed by atoms with Gasteiger partial charge in [0.25, 0.3) is 0 Å². The van der Waals surface area contributed by atoms with Crippen molar-refractivity contribution in [1.82, 2.24) is 0 Å². The molecule has 1 aliphatic carbocycles. The molecule has 0 aromatic heterocycles. The SMILES string of the molecule is CCCCCCCCCCCCCC(=O)O.NC[C@H]1O[C@H](O[C@H]2[C@H](O)C(O[C@H]3O[C@H](CO)[C@@H](O)[C@H](N)[C@H]3O)[C@H](N)C[C@@H]2N)[C@H](N)C[C@@H]1O. The zero-order valence-electron chi connectivity index (χ0n) is 28.5. The van der Waals surface area contributed by atoms with E-state index in [1.165, 1.54) is 57.8 Å². The van der Waals surface area contributed by atoms with Crippen LogP contribution in [0.1, 0.15) is 96.8 Å². The molecule has 0 radical (unpaired) electrons. The molecule has 16 N–H and O–H groups in total. The molecule has 14 atom stereocenters. The van der Waals surface area contributed by atoms with Crippen LogP contribution >= 0.6 is 0 Å². The monoisotopic (exact) mass is 695 g/mol. The lowest BCUT2D eigenvalue weighted by Gasteiger charge is -2.47. The van der Waals surface area contributed by atoms with E-state index in [-0.39, 0.29) is 19.4 Å². The molecule has 3 rings (SSSR count). The second kappa shape index (κ2) is 22.7. The number of carbonyl (C=O) groups is 1. The van der Waals surface area contributed by atoms with Gasteiger partial charge in [-0.1, -0.05) is 71.1 Å². The zero-order chi connectivity index (χ0) is 35.8. The second-order valence-corrected chi connectivity index (χ2v) is 13.5. The van der Waals surface area contributed by atoms with Crippen molar-refractivity contribution in [2.45, 2.75) is 182 Å². The number of aliphatic hydroxyl groups is 5. The van der Waals surface area contributed by atoms with Crippen molar-refractivity contribution >= 4 is 5.97 Å². The Hall–Kier alpha value is -1.09. The van der Waals surface area contributed by atoms with Gasteiger partial charge in [-0.15, -0.1) is 0 Å². The summed E-state index contributed by atoms with van der Waals surface area (Å²) < 4.78 is 22.7. The Morgan fingerprint density at radius 1 is 0.688 bits per heavy atom. The zero-order valence-corrected chi connectivity index (χ0v) is 28.5. The van der Waals surface area contributed by atoms with Gasteiger partial charge < -0.3 is 78.3 Å². The van der Waals surface area contributed by atoms with Crippen LogP contribution in [-0.4, -0.2) is 135 Å². The minimum Gasteiger partial charge on any atom is -0.481 e. The second-order valence-electron chi connectivity index (χ2n) is 13.5. The fraction of sp³-hybridized carbons (Fsp3) is 0.969. The molecule has 0 bridgehead atoms. The molecule has 0 spiro atoms. The van der Waals surface area contributed by atoms with Gasteiger partial charge in [0.15, 0.2) is 12.6 Å². The van der Waals surface area contributed by atoms with Crippen LogP contribution in [0.15, 0.2) is 0 Å². The third-order valence-electron chi connectivity index (χ3n) is 9.41. The number of aliphatic hydroxyl groups excluding tert-OH is 5. The third kappa shape index (κ3) is 13.6. The van der Waals surface area contributed by atoms with E-state index >= 15 is 0 Å². The summed E-state index contributed by atoms with van der Waals surface area (Å²) in [5, 5.41) is 59.2. The van der Waals surface area contributed by atoms with Crippen LogP contribution in [0, 0.1) is 0 Å². The molecule has 3 aliphatic rings. The Labute approximate surface area is 284 Å². The van der Waals surface area contributed by atoms with E-state index in [0.29, 0.717) is 6.42 Å². The summed E-state index contributed by atoms with van der Waals surface area (Å²) in [6.45, 7) is 1.75. The number of hydrogen-bond donors (Lipinski definition) is 11. The van der Waals surface area contributed by atoms with Crippen molar-refractivity contribution in [3.63, 3.8) is 0 Å². The first kappa shape index (κ1) is 43.1. The van der Waals surface area contributed by atoms with Crippen LogP contribution in [0.4, 0.5) is 0 Å². The molecular formula is C32H65N5O11. The van der Waals surface area contributed by atoms with Crippen molar-refractivity contribution in [2.75, 3.05) is 13.2 Å². The fourth-order valence-corrected chi connectivity index (χ4v) is 6.37. The lowest BCUT2D eigenvalue weighted by molar-refractivity contribution is -0.314. The minimum atomic E-state index is -1.44. The molecule has 284 valence electrons. The third-order valence-corrected chi connectivity index (χ3v) is 9.41. The molecule has 48 heavy (non-hydrogen) atoms. The van der Waals surface area contributed by atoms with E-state index in [2.05, 4.69) is 6.92 Å². The number of hydrogen-bond acceptors (Lipinski definition) is 15. The number of nitrogens with two attached hydrogens (primary N) is 5. The summed E-state index contributed by atoms with van der Waals surface area (Å²) in [6.07, 6.45) is 3.60. The lowest BCUT2D eigenvalue weighted by Crippen LogP contribution is -2.68. The van der Waals surface area contributed by atoms with E-state index in [9.17, 15) is 30.3 Å². The van der Waals surface area contributed by atoms with Gasteiger partial charge in [0, 0.05) is 25.0 Å². The highest BCUT2D eigenvalue weighted by Gasteiger charge is 2.50. The number of unbranched alkanes of at least 4 members (excludes halogenated alkanes) is 10. The maximum atomic E-state index is 11.0. The van der Waals surface area contributed by atoms with Gasteiger partial charge in [-0.25, -0.2) is 0 Å². The molecule has 16 nitrogen and oxygen atoms in total. The standard InChI is InChI=1S/C18H37N5O9.C14H28O2/c19-3-9-8(25)2-7(22)17(29-9)31-15-5(20)1-6(21)16(14(15)28)32-18-13(27)11(23)12(26)10(4-24)30-18;1-2-3-4-5-6-7-8-9-10-11-12-13-14(15)16/h5-18,24-28H,1-4,19-23H2;2-13H2,1H3,(H,15,16)/t5-,6+,7+,8-,9+,10+,11-,12+,13+,14-,15+,16?,17+,18+;/m0./s1. The van der Waals surface area contributed by atoms with E-state index in [4.69, 9.17) is 52.7 Å². The first-order valence-corrected chi connectivity index (χ1v) is 17.7. The Kier molecular flexibility index (Phi) is 20.3. The van der Waals surface area contributed by atoms with E-state index in [1.54, 1.807) is 0 Å². The molecule has 2 heterocycles.